The molecule has 1 atom stereocenters. The second-order valence-corrected chi connectivity index (χ2v) is 7.16. The number of carbonyl (C=O) groups is 2. The Hall–Kier alpha value is -2.91. The number of rotatable bonds is 3. The van der Waals surface area contributed by atoms with E-state index >= 15 is 0 Å². The third-order valence-electron chi connectivity index (χ3n) is 3.90. The molecule has 26 heavy (non-hydrogen) atoms. The van der Waals surface area contributed by atoms with Crippen molar-refractivity contribution in [1.29, 1.82) is 0 Å². The van der Waals surface area contributed by atoms with Crippen LogP contribution in [-0.2, 0) is 19.6 Å². The molecule has 9 heteroatoms. The number of nitrogens with zero attached hydrogens (tertiary/aromatic N) is 1. The number of hydrogen-bond acceptors (Lipinski definition) is 5. The standard InChI is InChI=1S/C17H17N3O5S/c1-2-25-17(22)20-14-9-8-12(26(18,23)24)10-13(14)19-16(21)15(20)11-6-4-3-5-7-11/h3-10,15H,2H2,1H3,(H,19,21)(H2,18,23,24). The molecule has 136 valence electrons. The Bertz CT molecular complexity index is 960. The second-order valence-electron chi connectivity index (χ2n) is 5.60. The Balaban J connectivity index is 2.16. The minimum atomic E-state index is -3.95. The maximum Gasteiger partial charge on any atom is 0.415 e. The highest BCUT2D eigenvalue weighted by Gasteiger charge is 2.39. The zero-order valence-corrected chi connectivity index (χ0v) is 14.7. The fourth-order valence-corrected chi connectivity index (χ4v) is 3.33. The van der Waals surface area contributed by atoms with Crippen LogP contribution in [0.15, 0.2) is 53.4 Å². The van der Waals surface area contributed by atoms with Crippen LogP contribution in [0.25, 0.3) is 0 Å². The van der Waals surface area contributed by atoms with Crippen LogP contribution in [0, 0.1) is 0 Å². The van der Waals surface area contributed by atoms with E-state index in [4.69, 9.17) is 9.88 Å². The van der Waals surface area contributed by atoms with Crippen molar-refractivity contribution >= 4 is 33.4 Å². The van der Waals surface area contributed by atoms with Gasteiger partial charge in [-0.3, -0.25) is 9.69 Å². The number of benzene rings is 2. The van der Waals surface area contributed by atoms with Gasteiger partial charge in [0.1, 0.15) is 6.04 Å². The lowest BCUT2D eigenvalue weighted by Gasteiger charge is -2.35. The normalized spacial score (nSPS) is 16.6. The molecule has 0 radical (unpaired) electrons. The van der Waals surface area contributed by atoms with E-state index in [9.17, 15) is 18.0 Å². The minimum absolute atomic E-state index is 0.128. The van der Waals surface area contributed by atoms with E-state index in [-0.39, 0.29) is 17.2 Å². The fourth-order valence-electron chi connectivity index (χ4n) is 2.79. The monoisotopic (exact) mass is 375 g/mol. The maximum atomic E-state index is 12.7. The quantitative estimate of drug-likeness (QED) is 0.850. The Morgan fingerprint density at radius 3 is 2.54 bits per heavy atom. The highest BCUT2D eigenvalue weighted by Crippen LogP contribution is 2.39. The third-order valence-corrected chi connectivity index (χ3v) is 4.81. The van der Waals surface area contributed by atoms with Gasteiger partial charge in [0, 0.05) is 0 Å². The smallest absolute Gasteiger partial charge is 0.415 e. The molecule has 3 rings (SSSR count). The molecule has 2 aromatic carbocycles. The number of ether oxygens (including phenoxy) is 1. The van der Waals surface area contributed by atoms with Gasteiger partial charge in [-0.25, -0.2) is 18.4 Å². The molecule has 0 aliphatic carbocycles. The molecule has 1 unspecified atom stereocenters. The van der Waals surface area contributed by atoms with Crippen LogP contribution < -0.4 is 15.4 Å². The number of nitrogens with two attached hydrogens (primary N) is 1. The van der Waals surface area contributed by atoms with Crippen LogP contribution in [0.1, 0.15) is 18.5 Å². The lowest BCUT2D eigenvalue weighted by atomic mass is 10.0. The zero-order valence-electron chi connectivity index (χ0n) is 13.9. The van der Waals surface area contributed by atoms with E-state index in [2.05, 4.69) is 5.32 Å². The number of fused-ring (bicyclic) bond motifs is 1. The minimum Gasteiger partial charge on any atom is -0.449 e. The molecule has 0 bridgehead atoms. The summed E-state index contributed by atoms with van der Waals surface area (Å²) in [5, 5.41) is 7.78. The summed E-state index contributed by atoms with van der Waals surface area (Å²) in [6.07, 6.45) is -0.708. The van der Waals surface area contributed by atoms with Gasteiger partial charge in [-0.1, -0.05) is 30.3 Å². The molecule has 8 nitrogen and oxygen atoms in total. The van der Waals surface area contributed by atoms with Crippen molar-refractivity contribution in [2.45, 2.75) is 17.9 Å². The first-order valence-electron chi connectivity index (χ1n) is 7.81. The van der Waals surface area contributed by atoms with Gasteiger partial charge in [-0.05, 0) is 30.7 Å². The first kappa shape index (κ1) is 17.9. The molecule has 0 aromatic heterocycles. The number of nitrogens with one attached hydrogen (secondary N) is 1. The van der Waals surface area contributed by atoms with Crippen LogP contribution in [0.4, 0.5) is 16.2 Å². The number of anilines is 2. The topological polar surface area (TPSA) is 119 Å². The molecular formula is C17H17N3O5S. The molecular weight excluding hydrogens is 358 g/mol. The van der Waals surface area contributed by atoms with Crippen LogP contribution in [0.2, 0.25) is 0 Å². The predicted molar refractivity (Wildman–Crippen MR) is 95.1 cm³/mol. The van der Waals surface area contributed by atoms with Crippen molar-refractivity contribution in [2.24, 2.45) is 5.14 Å². The highest BCUT2D eigenvalue weighted by molar-refractivity contribution is 7.89. The van der Waals surface area contributed by atoms with Gasteiger partial charge in [0.25, 0.3) is 5.91 Å². The predicted octanol–water partition coefficient (Wildman–Crippen LogP) is 1.99. The summed E-state index contributed by atoms with van der Waals surface area (Å²) in [5.74, 6) is -0.483. The van der Waals surface area contributed by atoms with Crippen molar-refractivity contribution < 1.29 is 22.7 Å². The summed E-state index contributed by atoms with van der Waals surface area (Å²) in [7, 11) is -3.95. The summed E-state index contributed by atoms with van der Waals surface area (Å²) >= 11 is 0. The van der Waals surface area contributed by atoms with Gasteiger partial charge in [0.05, 0.1) is 22.9 Å². The van der Waals surface area contributed by atoms with E-state index in [1.54, 1.807) is 37.3 Å². The van der Waals surface area contributed by atoms with Crippen molar-refractivity contribution in [3.8, 4) is 0 Å². The fraction of sp³-hybridized carbons (Fsp3) is 0.176. The van der Waals surface area contributed by atoms with Gasteiger partial charge >= 0.3 is 6.09 Å². The molecule has 2 aromatic rings. The first-order chi connectivity index (χ1) is 12.3. The molecule has 3 N–H and O–H groups in total. The van der Waals surface area contributed by atoms with Crippen molar-refractivity contribution in [1.82, 2.24) is 0 Å². The van der Waals surface area contributed by atoms with E-state index in [1.807, 2.05) is 0 Å². The summed E-state index contributed by atoms with van der Waals surface area (Å²) < 4.78 is 28.2. The average Bonchev–Trinajstić information content (AvgIpc) is 2.60. The van der Waals surface area contributed by atoms with E-state index < -0.39 is 28.1 Å². The van der Waals surface area contributed by atoms with Gasteiger partial charge in [0.15, 0.2) is 0 Å². The first-order valence-corrected chi connectivity index (χ1v) is 9.36. The Morgan fingerprint density at radius 2 is 1.92 bits per heavy atom. The summed E-state index contributed by atoms with van der Waals surface area (Å²) in [4.78, 5) is 26.3. The van der Waals surface area contributed by atoms with E-state index in [1.165, 1.54) is 23.1 Å². The number of amides is 2. The lowest BCUT2D eigenvalue weighted by Crippen LogP contribution is -2.45. The lowest BCUT2D eigenvalue weighted by molar-refractivity contribution is -0.117. The van der Waals surface area contributed by atoms with Gasteiger partial charge in [0.2, 0.25) is 10.0 Å². The molecule has 0 saturated carbocycles. The number of hydrogen-bond donors (Lipinski definition) is 2. The SMILES string of the molecule is CCOC(=O)N1c2ccc(S(N)(=O)=O)cc2NC(=O)C1c1ccccc1. The number of primary sulfonamides is 1. The van der Waals surface area contributed by atoms with Crippen LogP contribution in [-0.4, -0.2) is 27.0 Å². The van der Waals surface area contributed by atoms with Gasteiger partial charge in [-0.2, -0.15) is 0 Å². The van der Waals surface area contributed by atoms with Gasteiger partial charge in [-0.15, -0.1) is 0 Å². The second kappa shape index (κ2) is 6.77. The molecule has 0 saturated heterocycles. The maximum absolute atomic E-state index is 12.7. The summed E-state index contributed by atoms with van der Waals surface area (Å²) in [6.45, 7) is 1.79. The Morgan fingerprint density at radius 1 is 1.23 bits per heavy atom. The van der Waals surface area contributed by atoms with Crippen LogP contribution in [0.5, 0.6) is 0 Å². The van der Waals surface area contributed by atoms with Crippen LogP contribution in [0.3, 0.4) is 0 Å². The van der Waals surface area contributed by atoms with Crippen molar-refractivity contribution in [2.75, 3.05) is 16.8 Å². The van der Waals surface area contributed by atoms with Crippen molar-refractivity contribution in [3.63, 3.8) is 0 Å². The molecule has 0 fully saturated rings. The van der Waals surface area contributed by atoms with Crippen LogP contribution >= 0.6 is 0 Å². The highest BCUT2D eigenvalue weighted by atomic mass is 32.2. The van der Waals surface area contributed by atoms with Crippen molar-refractivity contribution in [3.05, 3.63) is 54.1 Å². The summed E-state index contributed by atoms with van der Waals surface area (Å²) in [6, 6.07) is 11.7. The largest absolute Gasteiger partial charge is 0.449 e. The molecule has 1 aliphatic rings. The number of sulfonamides is 1. The molecule has 2 amide bonds. The molecule has 0 spiro atoms. The Kier molecular flexibility index (Phi) is 4.66. The Labute approximate surface area is 150 Å². The van der Waals surface area contributed by atoms with Gasteiger partial charge < -0.3 is 10.1 Å². The average molecular weight is 375 g/mol. The van der Waals surface area contributed by atoms with E-state index in [0.29, 0.717) is 11.3 Å². The zero-order chi connectivity index (χ0) is 18.9. The molecule has 1 heterocycles. The molecule has 1 aliphatic heterocycles. The third kappa shape index (κ3) is 3.26. The summed E-state index contributed by atoms with van der Waals surface area (Å²) in [5.41, 5.74) is 1.09. The van der Waals surface area contributed by atoms with E-state index in [0.717, 1.165) is 0 Å². The number of carbonyl (C=O) groups excluding carboxylic acids is 2.